The molecular formula is C5H7N4O4PS. The Labute approximate surface area is 88.3 Å². The lowest BCUT2D eigenvalue weighted by Gasteiger charge is -1.84. The van der Waals surface area contributed by atoms with Gasteiger partial charge in [-0.2, -0.15) is 0 Å². The molecule has 15 heavy (non-hydrogen) atoms. The molecule has 0 aliphatic heterocycles. The number of imidazole rings is 1. The van der Waals surface area contributed by atoms with Gasteiger partial charge >= 0.3 is 7.82 Å². The Morgan fingerprint density at radius 2 is 1.73 bits per heavy atom. The van der Waals surface area contributed by atoms with Gasteiger partial charge in [-0.05, 0) is 0 Å². The number of H-pyrrole nitrogens is 2. The van der Waals surface area contributed by atoms with Gasteiger partial charge in [-0.25, -0.2) is 14.5 Å². The minimum absolute atomic E-state index is 0.547. The van der Waals surface area contributed by atoms with Crippen LogP contribution in [0, 0.1) is 4.64 Å². The first-order chi connectivity index (χ1) is 6.88. The van der Waals surface area contributed by atoms with Crippen LogP contribution < -0.4 is 0 Å². The third-order valence-corrected chi connectivity index (χ3v) is 1.55. The van der Waals surface area contributed by atoms with Crippen molar-refractivity contribution in [1.29, 1.82) is 0 Å². The van der Waals surface area contributed by atoms with Crippen molar-refractivity contribution in [2.75, 3.05) is 0 Å². The van der Waals surface area contributed by atoms with E-state index in [1.165, 1.54) is 6.33 Å². The highest BCUT2D eigenvalue weighted by molar-refractivity contribution is 7.71. The Kier molecular flexibility index (Phi) is 3.66. The maximum atomic E-state index is 8.88. The van der Waals surface area contributed by atoms with Crippen LogP contribution in [0.5, 0.6) is 0 Å². The Morgan fingerprint density at radius 1 is 1.20 bits per heavy atom. The number of hydrogen-bond donors (Lipinski definition) is 5. The van der Waals surface area contributed by atoms with E-state index < -0.39 is 7.82 Å². The second-order valence-corrected chi connectivity index (χ2v) is 3.76. The molecule has 2 aromatic rings. The molecule has 0 radical (unpaired) electrons. The molecule has 2 rings (SSSR count). The summed E-state index contributed by atoms with van der Waals surface area (Å²) in [6.45, 7) is 0. The van der Waals surface area contributed by atoms with Gasteiger partial charge in [0.2, 0.25) is 0 Å². The number of aromatic nitrogens is 4. The molecular weight excluding hydrogens is 243 g/mol. The zero-order chi connectivity index (χ0) is 11.5. The number of nitrogens with one attached hydrogen (secondary N) is 2. The highest BCUT2D eigenvalue weighted by Crippen LogP contribution is 2.25. The van der Waals surface area contributed by atoms with Gasteiger partial charge in [0.1, 0.15) is 5.52 Å². The van der Waals surface area contributed by atoms with Crippen LogP contribution in [-0.2, 0) is 4.57 Å². The smallest absolute Gasteiger partial charge is 0.341 e. The van der Waals surface area contributed by atoms with Crippen molar-refractivity contribution in [3.63, 3.8) is 0 Å². The largest absolute Gasteiger partial charge is 0.466 e. The van der Waals surface area contributed by atoms with E-state index >= 15 is 0 Å². The van der Waals surface area contributed by atoms with Gasteiger partial charge in [-0.3, -0.25) is 0 Å². The normalized spacial score (nSPS) is 10.9. The lowest BCUT2D eigenvalue weighted by molar-refractivity contribution is 0.275. The van der Waals surface area contributed by atoms with E-state index in [1.54, 1.807) is 6.33 Å². The van der Waals surface area contributed by atoms with Crippen molar-refractivity contribution in [2.24, 2.45) is 0 Å². The van der Waals surface area contributed by atoms with E-state index in [1.807, 2.05) is 0 Å². The molecule has 0 fully saturated rings. The van der Waals surface area contributed by atoms with Gasteiger partial charge < -0.3 is 24.6 Å². The number of phosphoric acid groups is 1. The molecule has 8 nitrogen and oxygen atoms in total. The maximum Gasteiger partial charge on any atom is 0.466 e. The Morgan fingerprint density at radius 3 is 2.27 bits per heavy atom. The average molecular weight is 250 g/mol. The van der Waals surface area contributed by atoms with Gasteiger partial charge in [0.05, 0.1) is 12.7 Å². The molecule has 0 saturated heterocycles. The van der Waals surface area contributed by atoms with Crippen LogP contribution in [0.4, 0.5) is 0 Å². The second-order valence-electron chi connectivity index (χ2n) is 2.35. The minimum Gasteiger partial charge on any atom is -0.341 e. The molecule has 10 heteroatoms. The molecule has 0 saturated carbocycles. The van der Waals surface area contributed by atoms with Crippen molar-refractivity contribution in [3.05, 3.63) is 17.3 Å². The molecule has 0 aliphatic carbocycles. The molecule has 0 atom stereocenters. The van der Waals surface area contributed by atoms with Gasteiger partial charge in [-0.1, -0.05) is 12.2 Å². The van der Waals surface area contributed by atoms with Gasteiger partial charge in [0.25, 0.3) is 0 Å². The Hall–Kier alpha value is -1.12. The summed E-state index contributed by atoms with van der Waals surface area (Å²) in [6.07, 6.45) is 3.12. The fraction of sp³-hybridized carbons (Fsp3) is 0. The van der Waals surface area contributed by atoms with Crippen LogP contribution in [0.1, 0.15) is 0 Å². The van der Waals surface area contributed by atoms with Crippen molar-refractivity contribution in [3.8, 4) is 0 Å². The van der Waals surface area contributed by atoms with E-state index in [9.17, 15) is 0 Å². The molecule has 2 aromatic heterocycles. The molecule has 5 N–H and O–H groups in total. The van der Waals surface area contributed by atoms with E-state index in [2.05, 4.69) is 19.9 Å². The Balaban J connectivity index is 0.000000195. The standard InChI is InChI=1S/C5H4N4S.H3O4P/c10-5-3-4(7-1-6-3)8-2-9-5;1-5(2,3)4/h1-2H,(H2,6,7,8,9,10);(H3,1,2,3,4). The Bertz CT molecular complexity index is 537. The summed E-state index contributed by atoms with van der Waals surface area (Å²) in [6, 6.07) is 0. The fourth-order valence-electron chi connectivity index (χ4n) is 0.783. The number of nitrogens with zero attached hydrogens (tertiary/aromatic N) is 2. The fourth-order valence-corrected chi connectivity index (χ4v) is 0.992. The van der Waals surface area contributed by atoms with Crippen molar-refractivity contribution < 1.29 is 19.2 Å². The number of fused-ring (bicyclic) bond motifs is 1. The lowest BCUT2D eigenvalue weighted by atomic mass is 10.6. The summed E-state index contributed by atoms with van der Waals surface area (Å²) < 4.78 is 9.43. The molecule has 82 valence electrons. The van der Waals surface area contributed by atoms with Gasteiger partial charge in [-0.15, -0.1) is 0 Å². The topological polar surface area (TPSA) is 135 Å². The number of rotatable bonds is 0. The van der Waals surface area contributed by atoms with E-state index in [0.29, 0.717) is 4.64 Å². The van der Waals surface area contributed by atoms with Crippen molar-refractivity contribution in [2.45, 2.75) is 0 Å². The summed E-state index contributed by atoms with van der Waals surface area (Å²) in [5.41, 5.74) is 1.54. The summed E-state index contributed by atoms with van der Waals surface area (Å²) in [5, 5.41) is 0. The zero-order valence-electron chi connectivity index (χ0n) is 7.15. The summed E-state index contributed by atoms with van der Waals surface area (Å²) in [5.74, 6) is 0. The van der Waals surface area contributed by atoms with Crippen molar-refractivity contribution >= 4 is 31.2 Å². The lowest BCUT2D eigenvalue weighted by Crippen LogP contribution is -1.80. The van der Waals surface area contributed by atoms with Crippen LogP contribution in [0.25, 0.3) is 11.2 Å². The quantitative estimate of drug-likeness (QED) is 0.330. The van der Waals surface area contributed by atoms with Crippen LogP contribution in [0.2, 0.25) is 0 Å². The maximum absolute atomic E-state index is 8.88. The van der Waals surface area contributed by atoms with E-state index in [4.69, 9.17) is 31.5 Å². The van der Waals surface area contributed by atoms with Crippen molar-refractivity contribution in [1.82, 2.24) is 19.9 Å². The first-order valence-corrected chi connectivity index (χ1v) is 5.50. The SMILES string of the molecule is O=P(O)(O)O.S=c1nc[nH]c2nc[nH]c12. The first-order valence-electron chi connectivity index (χ1n) is 3.53. The number of hydrogen-bond acceptors (Lipinski definition) is 4. The zero-order valence-corrected chi connectivity index (χ0v) is 8.87. The molecule has 0 amide bonds. The van der Waals surface area contributed by atoms with Crippen LogP contribution in [-0.4, -0.2) is 34.6 Å². The molecule has 0 aromatic carbocycles. The second kappa shape index (κ2) is 4.60. The third kappa shape index (κ3) is 4.28. The molecule has 0 spiro atoms. The third-order valence-electron chi connectivity index (χ3n) is 1.24. The minimum atomic E-state index is -4.64. The molecule has 0 unspecified atom stereocenters. The van der Waals surface area contributed by atoms with E-state index in [-0.39, 0.29) is 0 Å². The van der Waals surface area contributed by atoms with Crippen LogP contribution >= 0.6 is 20.0 Å². The predicted molar refractivity (Wildman–Crippen MR) is 53.3 cm³/mol. The summed E-state index contributed by atoms with van der Waals surface area (Å²) >= 11 is 4.91. The summed E-state index contributed by atoms with van der Waals surface area (Å²) in [4.78, 5) is 35.1. The first kappa shape index (κ1) is 12.0. The summed E-state index contributed by atoms with van der Waals surface area (Å²) in [7, 11) is -4.64. The molecule has 0 aliphatic rings. The predicted octanol–water partition coefficient (Wildman–Crippen LogP) is 0.0869. The number of aromatic amines is 2. The van der Waals surface area contributed by atoms with Gasteiger partial charge in [0.15, 0.2) is 10.3 Å². The monoisotopic (exact) mass is 250 g/mol. The molecule has 2 heterocycles. The highest BCUT2D eigenvalue weighted by atomic mass is 32.1. The highest BCUT2D eigenvalue weighted by Gasteiger charge is 2.00. The van der Waals surface area contributed by atoms with Gasteiger partial charge in [0, 0.05) is 0 Å². The van der Waals surface area contributed by atoms with E-state index in [0.717, 1.165) is 11.2 Å². The average Bonchev–Trinajstić information content (AvgIpc) is 2.49. The van der Waals surface area contributed by atoms with Crippen LogP contribution in [0.3, 0.4) is 0 Å². The van der Waals surface area contributed by atoms with Crippen LogP contribution in [0.15, 0.2) is 12.7 Å². The molecule has 0 bridgehead atoms.